The highest BCUT2D eigenvalue weighted by molar-refractivity contribution is 5.98. The number of hydrogen-bond donors (Lipinski definition) is 4. The lowest BCUT2D eigenvalue weighted by molar-refractivity contribution is 0.372. The van der Waals surface area contributed by atoms with Gasteiger partial charge in [0.25, 0.3) is 0 Å². The topological polar surface area (TPSA) is 81.4 Å². The first-order chi connectivity index (χ1) is 23.5. The van der Waals surface area contributed by atoms with Crippen molar-refractivity contribution in [3.8, 4) is 22.5 Å². The highest BCUT2D eigenvalue weighted by atomic mass is 19.1. The number of nitrogens with zero attached hydrogens (tertiary/aromatic N) is 2. The van der Waals surface area contributed by atoms with Gasteiger partial charge in [0.2, 0.25) is 0 Å². The SMILES string of the molecule is C=C.C=C.C=c1c(-c2cc3c(-c4cc(F)cc(CNC)c4)cccc3[nH]2)n[nH]/c1=C/C=C(\C)c1cncc(CC2CCNCC2)c1.CC. The number of allylic oxidation sites excluding steroid dienone is 2. The number of halogens is 1. The normalized spacial score (nSPS) is 13.5. The number of nitrogens with one attached hydrogen (secondary N) is 4. The number of benzene rings is 2. The number of H-pyrrole nitrogens is 2. The maximum Gasteiger partial charge on any atom is 0.124 e. The number of rotatable bonds is 8. The maximum atomic E-state index is 14.4. The number of hydrogen-bond acceptors (Lipinski definition) is 4. The van der Waals surface area contributed by atoms with Crippen LogP contribution in [0.3, 0.4) is 0 Å². The van der Waals surface area contributed by atoms with Crippen molar-refractivity contribution in [2.75, 3.05) is 20.1 Å². The van der Waals surface area contributed by atoms with Crippen molar-refractivity contribution >= 4 is 29.1 Å². The molecule has 3 aromatic heterocycles. The van der Waals surface area contributed by atoms with Crippen molar-refractivity contribution in [2.45, 2.75) is 46.6 Å². The van der Waals surface area contributed by atoms with Gasteiger partial charge in [0.05, 0.1) is 11.0 Å². The molecule has 2 aromatic carbocycles. The van der Waals surface area contributed by atoms with Crippen LogP contribution in [0.1, 0.15) is 50.3 Å². The molecule has 0 radical (unpaired) electrons. The minimum absolute atomic E-state index is 0.245. The first-order valence-corrected chi connectivity index (χ1v) is 16.6. The molecule has 6 rings (SSSR count). The van der Waals surface area contributed by atoms with Crippen LogP contribution in [-0.4, -0.2) is 40.3 Å². The Morgan fingerprint density at radius 3 is 2.48 bits per heavy atom. The second-order valence-corrected chi connectivity index (χ2v) is 11.3. The van der Waals surface area contributed by atoms with E-state index in [4.69, 9.17) is 0 Å². The molecule has 5 aromatic rings. The number of piperidine rings is 1. The molecule has 1 saturated heterocycles. The van der Waals surface area contributed by atoms with E-state index < -0.39 is 0 Å². The largest absolute Gasteiger partial charge is 0.353 e. The van der Waals surface area contributed by atoms with E-state index in [1.807, 2.05) is 63.6 Å². The molecule has 0 saturated carbocycles. The van der Waals surface area contributed by atoms with Gasteiger partial charge in [-0.05, 0) is 128 Å². The van der Waals surface area contributed by atoms with E-state index in [1.165, 1.54) is 18.4 Å². The third-order valence-corrected chi connectivity index (χ3v) is 8.20. The third-order valence-electron chi connectivity index (χ3n) is 8.20. The van der Waals surface area contributed by atoms with Gasteiger partial charge in [-0.25, -0.2) is 4.39 Å². The highest BCUT2D eigenvalue weighted by Gasteiger charge is 2.15. The Morgan fingerprint density at radius 2 is 1.75 bits per heavy atom. The van der Waals surface area contributed by atoms with Gasteiger partial charge >= 0.3 is 0 Å². The molecular weight excluding hydrogens is 595 g/mol. The first kappa shape index (κ1) is 37.6. The summed E-state index contributed by atoms with van der Waals surface area (Å²) in [6, 6.07) is 15.6. The lowest BCUT2D eigenvalue weighted by Crippen LogP contribution is -2.28. The summed E-state index contributed by atoms with van der Waals surface area (Å²) in [5.41, 5.74) is 8.85. The molecule has 0 amide bonds. The van der Waals surface area contributed by atoms with Crippen molar-refractivity contribution in [3.05, 3.63) is 126 Å². The summed E-state index contributed by atoms with van der Waals surface area (Å²) in [4.78, 5) is 8.02. The minimum Gasteiger partial charge on any atom is -0.353 e. The molecule has 0 atom stereocenters. The molecule has 0 unspecified atom stereocenters. The Morgan fingerprint density at radius 1 is 1.00 bits per heavy atom. The number of pyridine rings is 1. The lowest BCUT2D eigenvalue weighted by atomic mass is 9.91. The van der Waals surface area contributed by atoms with E-state index in [1.54, 1.807) is 12.1 Å². The molecule has 4 N–H and O–H groups in total. The molecule has 1 fully saturated rings. The summed E-state index contributed by atoms with van der Waals surface area (Å²) in [5, 5.41) is 17.0. The van der Waals surface area contributed by atoms with Crippen LogP contribution in [0.5, 0.6) is 0 Å². The zero-order valence-corrected chi connectivity index (χ0v) is 29.1. The maximum absolute atomic E-state index is 14.4. The first-order valence-electron chi connectivity index (χ1n) is 16.6. The van der Waals surface area contributed by atoms with Crippen LogP contribution in [0.2, 0.25) is 0 Å². The van der Waals surface area contributed by atoms with E-state index in [2.05, 4.69) is 88.8 Å². The van der Waals surface area contributed by atoms with Gasteiger partial charge < -0.3 is 15.6 Å². The number of aromatic amines is 2. The molecule has 7 heteroatoms. The zero-order chi connectivity index (χ0) is 35.1. The number of aromatic nitrogens is 4. The van der Waals surface area contributed by atoms with Gasteiger partial charge in [-0.15, -0.1) is 26.3 Å². The predicted octanol–water partition coefficient (Wildman–Crippen LogP) is 7.95. The molecule has 0 spiro atoms. The molecular formula is C41H51FN6. The average molecular weight is 647 g/mol. The van der Waals surface area contributed by atoms with Crippen molar-refractivity contribution in [1.82, 2.24) is 30.8 Å². The summed E-state index contributed by atoms with van der Waals surface area (Å²) in [6.07, 6.45) is 11.6. The van der Waals surface area contributed by atoms with Crippen LogP contribution in [0.25, 0.3) is 51.6 Å². The smallest absolute Gasteiger partial charge is 0.124 e. The molecule has 48 heavy (non-hydrogen) atoms. The molecule has 252 valence electrons. The van der Waals surface area contributed by atoms with Gasteiger partial charge in [-0.3, -0.25) is 10.1 Å². The van der Waals surface area contributed by atoms with Crippen LogP contribution in [-0.2, 0) is 13.0 Å². The van der Waals surface area contributed by atoms with Crippen molar-refractivity contribution in [1.29, 1.82) is 0 Å². The van der Waals surface area contributed by atoms with E-state index in [0.29, 0.717) is 6.54 Å². The van der Waals surface area contributed by atoms with E-state index in [9.17, 15) is 4.39 Å². The zero-order valence-electron chi connectivity index (χ0n) is 29.1. The third kappa shape index (κ3) is 9.37. The Kier molecular flexibility index (Phi) is 15.0. The van der Waals surface area contributed by atoms with Gasteiger partial charge in [0.1, 0.15) is 11.5 Å². The van der Waals surface area contributed by atoms with Crippen LogP contribution >= 0.6 is 0 Å². The molecule has 0 bridgehead atoms. The Balaban J connectivity index is 0.000000987. The summed E-state index contributed by atoms with van der Waals surface area (Å²) in [5.74, 6) is 0.479. The fourth-order valence-corrected chi connectivity index (χ4v) is 5.92. The fraction of sp³-hybridized carbons (Fsp3) is 0.268. The molecule has 1 aliphatic rings. The molecule has 0 aliphatic carbocycles. The van der Waals surface area contributed by atoms with Crippen molar-refractivity contribution < 1.29 is 4.39 Å². The second-order valence-electron chi connectivity index (χ2n) is 11.3. The lowest BCUT2D eigenvalue weighted by Gasteiger charge is -2.22. The summed E-state index contributed by atoms with van der Waals surface area (Å²) in [7, 11) is 1.86. The van der Waals surface area contributed by atoms with Crippen LogP contribution < -0.4 is 21.2 Å². The van der Waals surface area contributed by atoms with Gasteiger partial charge in [-0.2, -0.15) is 5.10 Å². The van der Waals surface area contributed by atoms with E-state index in [0.717, 1.165) is 86.1 Å². The van der Waals surface area contributed by atoms with Crippen molar-refractivity contribution in [3.63, 3.8) is 0 Å². The Labute approximate surface area is 285 Å². The second kappa shape index (κ2) is 19.1. The van der Waals surface area contributed by atoms with Crippen LogP contribution in [0.4, 0.5) is 4.39 Å². The minimum atomic E-state index is -0.245. The average Bonchev–Trinajstić information content (AvgIpc) is 3.73. The van der Waals surface area contributed by atoms with Crippen LogP contribution in [0, 0.1) is 11.7 Å². The van der Waals surface area contributed by atoms with Crippen molar-refractivity contribution in [2.24, 2.45) is 5.92 Å². The number of fused-ring (bicyclic) bond motifs is 1. The Bertz CT molecular complexity index is 1890. The standard InChI is InChI=1S/C35H37FN6.C2H6.2C2H4/c1-22(28-15-25(20-39-21-28)13-24-9-11-38-12-10-24)7-8-32-23(2)35(42-41-32)34-18-31-30(5-4-6-33(31)40-34)27-14-26(19-37-3)16-29(36)17-27;3*1-2/h4-8,14-18,20-21,24,37-38,40-41H,2,9-13,19H2,1,3H3;1-2H3;2*1-2H2/b22-7+,32-8+;;;. The summed E-state index contributed by atoms with van der Waals surface area (Å²) in [6.45, 7) is 25.3. The van der Waals surface area contributed by atoms with Gasteiger partial charge in [0.15, 0.2) is 0 Å². The highest BCUT2D eigenvalue weighted by Crippen LogP contribution is 2.32. The van der Waals surface area contributed by atoms with Crippen LogP contribution in [0.15, 0.2) is 93.3 Å². The fourth-order valence-electron chi connectivity index (χ4n) is 5.92. The van der Waals surface area contributed by atoms with E-state index >= 15 is 0 Å². The monoisotopic (exact) mass is 646 g/mol. The molecule has 4 heterocycles. The Hall–Kier alpha value is -4.85. The summed E-state index contributed by atoms with van der Waals surface area (Å²) >= 11 is 0. The summed E-state index contributed by atoms with van der Waals surface area (Å²) < 4.78 is 14.4. The molecule has 6 nitrogen and oxygen atoms in total. The van der Waals surface area contributed by atoms with Gasteiger partial charge in [0, 0.05) is 35.1 Å². The van der Waals surface area contributed by atoms with Gasteiger partial charge in [-0.1, -0.05) is 38.6 Å². The quantitative estimate of drug-likeness (QED) is 0.129. The van der Waals surface area contributed by atoms with E-state index in [-0.39, 0.29) is 5.82 Å². The molecule has 1 aliphatic heterocycles. The predicted molar refractivity (Wildman–Crippen MR) is 204 cm³/mol.